The standard InChI is InChI=1S/C17H19N5O5S/c18-17(24)12-7-19-21-16(12)10-2-1-5-22(8-10)28(25,26)11-3-4-14-13(6-11)20-15(23)9-27-14/h3-4,6-7,10H,1-2,5,8-9H2,(H2,18,24)(H,19,21)(H,20,23). The number of anilines is 1. The molecule has 0 bridgehead atoms. The molecule has 0 spiro atoms. The van der Waals surface area contributed by atoms with Crippen LogP contribution in [0.3, 0.4) is 0 Å². The van der Waals surface area contributed by atoms with E-state index in [0.29, 0.717) is 36.5 Å². The van der Waals surface area contributed by atoms with E-state index in [-0.39, 0.29) is 35.4 Å². The fraction of sp³-hybridized carbons (Fsp3) is 0.353. The van der Waals surface area contributed by atoms with Crippen molar-refractivity contribution in [2.75, 3.05) is 25.0 Å². The second kappa shape index (κ2) is 6.91. The number of nitrogens with one attached hydrogen (secondary N) is 2. The van der Waals surface area contributed by atoms with Crippen LogP contribution in [0.1, 0.15) is 34.8 Å². The minimum Gasteiger partial charge on any atom is -0.482 e. The summed E-state index contributed by atoms with van der Waals surface area (Å²) in [4.78, 5) is 23.1. The Bertz CT molecular complexity index is 1050. The summed E-state index contributed by atoms with van der Waals surface area (Å²) in [6.45, 7) is 0.461. The number of ether oxygens (including phenoxy) is 1. The van der Waals surface area contributed by atoms with Crippen LogP contribution in [0.2, 0.25) is 0 Å². The number of primary amides is 1. The van der Waals surface area contributed by atoms with Gasteiger partial charge in [0.25, 0.3) is 11.8 Å². The Kier molecular flexibility index (Phi) is 4.55. The third-order valence-corrected chi connectivity index (χ3v) is 6.81. The van der Waals surface area contributed by atoms with Crippen LogP contribution >= 0.6 is 0 Å². The number of hydrogen-bond acceptors (Lipinski definition) is 6. The number of H-pyrrole nitrogens is 1. The van der Waals surface area contributed by atoms with Gasteiger partial charge in [-0.05, 0) is 31.0 Å². The fourth-order valence-corrected chi connectivity index (χ4v) is 5.12. The molecule has 11 heteroatoms. The number of nitrogens with zero attached hydrogens (tertiary/aromatic N) is 2. The number of aromatic nitrogens is 2. The summed E-state index contributed by atoms with van der Waals surface area (Å²) in [6.07, 6.45) is 2.70. The molecule has 1 aromatic heterocycles. The van der Waals surface area contributed by atoms with Gasteiger partial charge >= 0.3 is 0 Å². The van der Waals surface area contributed by atoms with Crippen LogP contribution < -0.4 is 15.8 Å². The summed E-state index contributed by atoms with van der Waals surface area (Å²) in [5.41, 5.74) is 6.54. The largest absolute Gasteiger partial charge is 0.482 e. The Labute approximate surface area is 161 Å². The monoisotopic (exact) mass is 405 g/mol. The molecular weight excluding hydrogens is 386 g/mol. The molecule has 2 aliphatic heterocycles. The van der Waals surface area contributed by atoms with Crippen molar-refractivity contribution in [3.63, 3.8) is 0 Å². The summed E-state index contributed by atoms with van der Waals surface area (Å²) >= 11 is 0. The first-order valence-corrected chi connectivity index (χ1v) is 10.2. The summed E-state index contributed by atoms with van der Waals surface area (Å²) < 4.78 is 32.9. The van der Waals surface area contributed by atoms with Crippen molar-refractivity contribution >= 4 is 27.5 Å². The molecule has 0 radical (unpaired) electrons. The maximum Gasteiger partial charge on any atom is 0.262 e. The zero-order chi connectivity index (χ0) is 19.9. The number of benzene rings is 1. The van der Waals surface area contributed by atoms with E-state index in [2.05, 4.69) is 15.5 Å². The molecule has 2 aliphatic rings. The van der Waals surface area contributed by atoms with Crippen LogP contribution in [0.4, 0.5) is 5.69 Å². The van der Waals surface area contributed by atoms with Crippen molar-refractivity contribution in [3.8, 4) is 5.75 Å². The molecule has 1 aromatic carbocycles. The Morgan fingerprint density at radius 3 is 2.96 bits per heavy atom. The topological polar surface area (TPSA) is 147 Å². The zero-order valence-corrected chi connectivity index (χ0v) is 15.7. The van der Waals surface area contributed by atoms with Crippen LogP contribution in [0.5, 0.6) is 5.75 Å². The van der Waals surface area contributed by atoms with Crippen LogP contribution in [0, 0.1) is 0 Å². The Balaban J connectivity index is 1.61. The Morgan fingerprint density at radius 1 is 1.36 bits per heavy atom. The summed E-state index contributed by atoms with van der Waals surface area (Å²) in [7, 11) is -3.79. The number of amides is 2. The van der Waals surface area contributed by atoms with Crippen molar-refractivity contribution < 1.29 is 22.7 Å². The first kappa shape index (κ1) is 18.4. The van der Waals surface area contributed by atoms with Crippen molar-refractivity contribution in [1.29, 1.82) is 0 Å². The van der Waals surface area contributed by atoms with Gasteiger partial charge in [-0.2, -0.15) is 9.40 Å². The number of hydrogen-bond donors (Lipinski definition) is 3. The Hall–Kier alpha value is -2.92. The van der Waals surface area contributed by atoms with E-state index in [9.17, 15) is 18.0 Å². The Morgan fingerprint density at radius 2 is 2.18 bits per heavy atom. The molecule has 1 fully saturated rings. The second-order valence-corrected chi connectivity index (χ2v) is 8.70. The van der Waals surface area contributed by atoms with E-state index < -0.39 is 15.9 Å². The molecule has 1 saturated heterocycles. The first-order chi connectivity index (χ1) is 13.4. The summed E-state index contributed by atoms with van der Waals surface area (Å²) in [5.74, 6) is -0.722. The van der Waals surface area contributed by atoms with E-state index >= 15 is 0 Å². The molecule has 1 unspecified atom stereocenters. The quantitative estimate of drug-likeness (QED) is 0.671. The van der Waals surface area contributed by atoms with E-state index in [1.54, 1.807) is 0 Å². The van der Waals surface area contributed by atoms with E-state index in [1.807, 2.05) is 0 Å². The molecule has 28 heavy (non-hydrogen) atoms. The number of sulfonamides is 1. The maximum absolute atomic E-state index is 13.1. The van der Waals surface area contributed by atoms with Gasteiger partial charge in [0.2, 0.25) is 10.0 Å². The van der Waals surface area contributed by atoms with Crippen molar-refractivity contribution in [3.05, 3.63) is 35.7 Å². The minimum atomic E-state index is -3.79. The number of fused-ring (bicyclic) bond motifs is 1. The van der Waals surface area contributed by atoms with Gasteiger partial charge in [0.05, 0.1) is 28.0 Å². The predicted octanol–water partition coefficient (Wildman–Crippen LogP) is 0.408. The molecule has 0 aliphatic carbocycles. The number of carbonyl (C=O) groups is 2. The van der Waals surface area contributed by atoms with Crippen LogP contribution in [0.15, 0.2) is 29.3 Å². The summed E-state index contributed by atoms with van der Waals surface area (Å²) in [5, 5.41) is 9.26. The van der Waals surface area contributed by atoms with Crippen LogP contribution in [-0.4, -0.2) is 54.4 Å². The van der Waals surface area contributed by atoms with Crippen LogP contribution in [0.25, 0.3) is 0 Å². The highest BCUT2D eigenvalue weighted by molar-refractivity contribution is 7.89. The fourth-order valence-electron chi connectivity index (χ4n) is 3.57. The maximum atomic E-state index is 13.1. The molecule has 3 heterocycles. The lowest BCUT2D eigenvalue weighted by molar-refractivity contribution is -0.118. The number of carbonyl (C=O) groups excluding carboxylic acids is 2. The molecule has 10 nitrogen and oxygen atoms in total. The van der Waals surface area contributed by atoms with Crippen LogP contribution in [-0.2, 0) is 14.8 Å². The molecule has 148 valence electrons. The van der Waals surface area contributed by atoms with Gasteiger partial charge in [0, 0.05) is 19.0 Å². The van der Waals surface area contributed by atoms with Gasteiger partial charge in [-0.25, -0.2) is 8.42 Å². The molecule has 4 rings (SSSR count). The second-order valence-electron chi connectivity index (χ2n) is 6.76. The van der Waals surface area contributed by atoms with Gasteiger partial charge in [-0.15, -0.1) is 0 Å². The molecule has 2 aromatic rings. The van der Waals surface area contributed by atoms with Gasteiger partial charge in [0.1, 0.15) is 5.75 Å². The third-order valence-electron chi connectivity index (χ3n) is 4.95. The number of rotatable bonds is 4. The highest BCUT2D eigenvalue weighted by Gasteiger charge is 2.33. The van der Waals surface area contributed by atoms with E-state index in [0.717, 1.165) is 0 Å². The highest BCUT2D eigenvalue weighted by Crippen LogP contribution is 2.34. The molecule has 4 N–H and O–H groups in total. The van der Waals surface area contributed by atoms with Crippen molar-refractivity contribution in [2.45, 2.75) is 23.7 Å². The van der Waals surface area contributed by atoms with Gasteiger partial charge < -0.3 is 15.8 Å². The van der Waals surface area contributed by atoms with Crippen molar-refractivity contribution in [1.82, 2.24) is 14.5 Å². The lowest BCUT2D eigenvalue weighted by atomic mass is 9.93. The SMILES string of the molecule is NC(=O)c1cn[nH]c1C1CCCN(S(=O)(=O)c2ccc3c(c2)NC(=O)CO3)C1. The van der Waals surface area contributed by atoms with Gasteiger partial charge in [0.15, 0.2) is 6.61 Å². The average Bonchev–Trinajstić information content (AvgIpc) is 3.18. The molecule has 0 saturated carbocycles. The number of piperidine rings is 1. The molecular formula is C17H19N5O5S. The highest BCUT2D eigenvalue weighted by atomic mass is 32.2. The lowest BCUT2D eigenvalue weighted by Gasteiger charge is -2.32. The first-order valence-electron chi connectivity index (χ1n) is 8.76. The predicted molar refractivity (Wildman–Crippen MR) is 98.4 cm³/mol. The summed E-state index contributed by atoms with van der Waals surface area (Å²) in [6, 6.07) is 4.39. The minimum absolute atomic E-state index is 0.0671. The lowest BCUT2D eigenvalue weighted by Crippen LogP contribution is -2.39. The van der Waals surface area contributed by atoms with E-state index in [1.165, 1.54) is 28.7 Å². The van der Waals surface area contributed by atoms with Gasteiger partial charge in [-0.1, -0.05) is 0 Å². The van der Waals surface area contributed by atoms with E-state index in [4.69, 9.17) is 10.5 Å². The average molecular weight is 405 g/mol. The van der Waals surface area contributed by atoms with Crippen molar-refractivity contribution in [2.24, 2.45) is 5.73 Å². The van der Waals surface area contributed by atoms with Gasteiger partial charge in [-0.3, -0.25) is 14.7 Å². The normalized spacial score (nSPS) is 20.1. The number of aromatic amines is 1. The molecule has 2 amide bonds. The molecule has 1 atom stereocenters. The number of nitrogens with two attached hydrogens (primary N) is 1. The third kappa shape index (κ3) is 3.22. The zero-order valence-electron chi connectivity index (χ0n) is 14.8. The smallest absolute Gasteiger partial charge is 0.262 e.